The minimum atomic E-state index is 0.00881. The lowest BCUT2D eigenvalue weighted by molar-refractivity contribution is 0.0933. The first-order valence-corrected chi connectivity index (χ1v) is 8.41. The Kier molecular flexibility index (Phi) is 5.27. The van der Waals surface area contributed by atoms with Gasteiger partial charge in [0.2, 0.25) is 0 Å². The van der Waals surface area contributed by atoms with Gasteiger partial charge in [0.1, 0.15) is 0 Å². The number of hydrogen-bond acceptors (Lipinski definition) is 4. The molecule has 1 aromatic heterocycles. The summed E-state index contributed by atoms with van der Waals surface area (Å²) in [7, 11) is 0. The first-order chi connectivity index (χ1) is 10.8. The Hall–Kier alpha value is -1.62. The molecular formula is C17H25N3O2. The van der Waals surface area contributed by atoms with Crippen molar-refractivity contribution < 1.29 is 9.53 Å². The number of ether oxygens (including phenoxy) is 1. The number of amides is 1. The topological polar surface area (TPSA) is 54.5 Å². The fourth-order valence-corrected chi connectivity index (χ4v) is 3.24. The summed E-state index contributed by atoms with van der Waals surface area (Å²) in [5, 5.41) is 3.18. The van der Waals surface area contributed by atoms with E-state index in [1.54, 1.807) is 6.20 Å². The number of pyridine rings is 1. The third-order valence-corrected chi connectivity index (χ3v) is 4.55. The average molecular weight is 303 g/mol. The van der Waals surface area contributed by atoms with Crippen molar-refractivity contribution in [2.45, 2.75) is 44.6 Å². The first-order valence-electron chi connectivity index (χ1n) is 8.41. The quantitative estimate of drug-likeness (QED) is 0.871. The third kappa shape index (κ3) is 3.97. The van der Waals surface area contributed by atoms with Crippen molar-refractivity contribution in [3.05, 3.63) is 24.0 Å². The van der Waals surface area contributed by atoms with Crippen LogP contribution in [0.1, 0.15) is 48.9 Å². The average Bonchev–Trinajstić information content (AvgIpc) is 2.84. The van der Waals surface area contributed by atoms with Gasteiger partial charge in [-0.2, -0.15) is 0 Å². The normalized spacial score (nSPS) is 20.5. The maximum Gasteiger partial charge on any atom is 0.253 e. The molecule has 2 aliphatic rings. The van der Waals surface area contributed by atoms with E-state index in [9.17, 15) is 4.79 Å². The van der Waals surface area contributed by atoms with Gasteiger partial charge in [-0.25, -0.2) is 0 Å². The predicted molar refractivity (Wildman–Crippen MR) is 86.2 cm³/mol. The van der Waals surface area contributed by atoms with E-state index >= 15 is 0 Å². The predicted octanol–water partition coefficient (Wildman–Crippen LogP) is 2.37. The van der Waals surface area contributed by atoms with Crippen LogP contribution in [0.25, 0.3) is 0 Å². The molecule has 1 aliphatic heterocycles. The molecule has 2 fully saturated rings. The highest BCUT2D eigenvalue weighted by molar-refractivity contribution is 5.94. The molecule has 1 N–H and O–H groups in total. The van der Waals surface area contributed by atoms with Crippen molar-refractivity contribution in [1.29, 1.82) is 0 Å². The monoisotopic (exact) mass is 303 g/mol. The van der Waals surface area contributed by atoms with Gasteiger partial charge in [-0.3, -0.25) is 9.78 Å². The smallest absolute Gasteiger partial charge is 0.253 e. The Labute approximate surface area is 132 Å². The van der Waals surface area contributed by atoms with Gasteiger partial charge in [0.15, 0.2) is 0 Å². The first kappa shape index (κ1) is 15.3. The van der Waals surface area contributed by atoms with Crippen LogP contribution < -0.4 is 10.2 Å². The van der Waals surface area contributed by atoms with E-state index in [0.29, 0.717) is 11.6 Å². The standard InChI is InChI=1S/C17H25N3O2/c21-17(19-15-5-3-1-2-4-6-15)14-11-16(13-18-12-14)20-7-9-22-10-8-20/h11-13,15H,1-10H2,(H,19,21). The Morgan fingerprint density at radius 3 is 2.59 bits per heavy atom. The van der Waals surface area contributed by atoms with Gasteiger partial charge >= 0.3 is 0 Å². The molecular weight excluding hydrogens is 278 g/mol. The molecule has 2 heterocycles. The molecule has 0 atom stereocenters. The van der Waals surface area contributed by atoms with Crippen LogP contribution in [0.5, 0.6) is 0 Å². The Morgan fingerprint density at radius 2 is 1.86 bits per heavy atom. The minimum absolute atomic E-state index is 0.00881. The fourth-order valence-electron chi connectivity index (χ4n) is 3.24. The van der Waals surface area contributed by atoms with Crippen molar-refractivity contribution in [2.24, 2.45) is 0 Å². The number of rotatable bonds is 3. The van der Waals surface area contributed by atoms with Crippen LogP contribution in [-0.4, -0.2) is 43.2 Å². The summed E-state index contributed by atoms with van der Waals surface area (Å²) in [6, 6.07) is 2.27. The summed E-state index contributed by atoms with van der Waals surface area (Å²) in [6.45, 7) is 3.18. The zero-order valence-corrected chi connectivity index (χ0v) is 13.1. The molecule has 0 unspecified atom stereocenters. The third-order valence-electron chi connectivity index (χ3n) is 4.55. The SMILES string of the molecule is O=C(NC1CCCCCC1)c1cncc(N2CCOCC2)c1. The van der Waals surface area contributed by atoms with E-state index < -0.39 is 0 Å². The summed E-state index contributed by atoms with van der Waals surface area (Å²) in [5.74, 6) is 0.00881. The lowest BCUT2D eigenvalue weighted by atomic mass is 10.1. The van der Waals surface area contributed by atoms with E-state index in [-0.39, 0.29) is 5.91 Å². The number of nitrogens with zero attached hydrogens (tertiary/aromatic N) is 2. The van der Waals surface area contributed by atoms with E-state index in [0.717, 1.165) is 44.8 Å². The molecule has 1 aliphatic carbocycles. The zero-order chi connectivity index (χ0) is 15.2. The van der Waals surface area contributed by atoms with Crippen molar-refractivity contribution in [1.82, 2.24) is 10.3 Å². The number of carbonyl (C=O) groups is 1. The van der Waals surface area contributed by atoms with Crippen LogP contribution in [0.15, 0.2) is 18.5 Å². The second-order valence-electron chi connectivity index (χ2n) is 6.19. The van der Waals surface area contributed by atoms with Crippen LogP contribution in [0.3, 0.4) is 0 Å². The molecule has 120 valence electrons. The summed E-state index contributed by atoms with van der Waals surface area (Å²) >= 11 is 0. The molecule has 0 aromatic carbocycles. The van der Waals surface area contributed by atoms with Crippen LogP contribution in [0, 0.1) is 0 Å². The number of nitrogens with one attached hydrogen (secondary N) is 1. The molecule has 3 rings (SSSR count). The lowest BCUT2D eigenvalue weighted by Crippen LogP contribution is -2.37. The molecule has 1 saturated carbocycles. The number of anilines is 1. The Balaban J connectivity index is 1.64. The minimum Gasteiger partial charge on any atom is -0.378 e. The van der Waals surface area contributed by atoms with Gasteiger partial charge in [0, 0.05) is 25.3 Å². The van der Waals surface area contributed by atoms with Gasteiger partial charge in [-0.1, -0.05) is 25.7 Å². The van der Waals surface area contributed by atoms with Crippen molar-refractivity contribution >= 4 is 11.6 Å². The Bertz CT molecular complexity index is 492. The second kappa shape index (κ2) is 7.58. The van der Waals surface area contributed by atoms with E-state index in [4.69, 9.17) is 4.74 Å². The molecule has 1 saturated heterocycles. The van der Waals surface area contributed by atoms with Gasteiger partial charge < -0.3 is 15.0 Å². The summed E-state index contributed by atoms with van der Waals surface area (Å²) < 4.78 is 5.37. The summed E-state index contributed by atoms with van der Waals surface area (Å²) in [4.78, 5) is 18.9. The number of aromatic nitrogens is 1. The highest BCUT2D eigenvalue weighted by Gasteiger charge is 2.17. The molecule has 5 nitrogen and oxygen atoms in total. The maximum atomic E-state index is 12.5. The highest BCUT2D eigenvalue weighted by Crippen LogP contribution is 2.19. The zero-order valence-electron chi connectivity index (χ0n) is 13.1. The van der Waals surface area contributed by atoms with Crippen molar-refractivity contribution in [2.75, 3.05) is 31.2 Å². The molecule has 0 radical (unpaired) electrons. The molecule has 22 heavy (non-hydrogen) atoms. The van der Waals surface area contributed by atoms with Gasteiger partial charge in [-0.05, 0) is 18.9 Å². The molecule has 5 heteroatoms. The number of carbonyl (C=O) groups excluding carboxylic acids is 1. The van der Waals surface area contributed by atoms with Crippen LogP contribution >= 0.6 is 0 Å². The van der Waals surface area contributed by atoms with Gasteiger partial charge in [-0.15, -0.1) is 0 Å². The van der Waals surface area contributed by atoms with E-state index in [2.05, 4.69) is 15.2 Å². The lowest BCUT2D eigenvalue weighted by Gasteiger charge is -2.28. The molecule has 0 bridgehead atoms. The van der Waals surface area contributed by atoms with Crippen LogP contribution in [0.2, 0.25) is 0 Å². The highest BCUT2D eigenvalue weighted by atomic mass is 16.5. The molecule has 0 spiro atoms. The van der Waals surface area contributed by atoms with Gasteiger partial charge in [0.05, 0.1) is 30.7 Å². The Morgan fingerprint density at radius 1 is 1.14 bits per heavy atom. The maximum absolute atomic E-state index is 12.5. The number of hydrogen-bond donors (Lipinski definition) is 1. The van der Waals surface area contributed by atoms with Crippen molar-refractivity contribution in [3.63, 3.8) is 0 Å². The van der Waals surface area contributed by atoms with E-state index in [1.165, 1.54) is 25.7 Å². The second-order valence-corrected chi connectivity index (χ2v) is 6.19. The van der Waals surface area contributed by atoms with Crippen LogP contribution in [-0.2, 0) is 4.74 Å². The summed E-state index contributed by atoms with van der Waals surface area (Å²) in [6.07, 6.45) is 10.7. The molecule has 1 aromatic rings. The van der Waals surface area contributed by atoms with E-state index in [1.807, 2.05) is 12.3 Å². The fraction of sp³-hybridized carbons (Fsp3) is 0.647. The van der Waals surface area contributed by atoms with Crippen molar-refractivity contribution in [3.8, 4) is 0 Å². The summed E-state index contributed by atoms with van der Waals surface area (Å²) in [5.41, 5.74) is 1.67. The van der Waals surface area contributed by atoms with Gasteiger partial charge in [0.25, 0.3) is 5.91 Å². The largest absolute Gasteiger partial charge is 0.378 e. The molecule has 1 amide bonds. The number of morpholine rings is 1. The van der Waals surface area contributed by atoms with Crippen LogP contribution in [0.4, 0.5) is 5.69 Å².